The molecular weight excluding hydrogens is 166 g/mol. The lowest BCUT2D eigenvalue weighted by molar-refractivity contribution is -0.143. The van der Waals surface area contributed by atoms with Crippen LogP contribution in [0.5, 0.6) is 0 Å². The SMILES string of the molecule is C#CC(C)NCCCC(=O)OCC. The molecule has 3 nitrogen and oxygen atoms in total. The van der Waals surface area contributed by atoms with Gasteiger partial charge in [-0.1, -0.05) is 5.92 Å². The van der Waals surface area contributed by atoms with Crippen molar-refractivity contribution in [2.75, 3.05) is 13.2 Å². The summed E-state index contributed by atoms with van der Waals surface area (Å²) < 4.78 is 4.77. The maximum Gasteiger partial charge on any atom is 0.305 e. The topological polar surface area (TPSA) is 38.3 Å². The Hall–Kier alpha value is -1.01. The van der Waals surface area contributed by atoms with Crippen LogP contribution in [0.15, 0.2) is 0 Å². The summed E-state index contributed by atoms with van der Waals surface area (Å²) in [7, 11) is 0. The van der Waals surface area contributed by atoms with Crippen LogP contribution in [0.3, 0.4) is 0 Å². The molecule has 0 aliphatic carbocycles. The van der Waals surface area contributed by atoms with Gasteiger partial charge in [0.25, 0.3) is 0 Å². The number of esters is 1. The minimum atomic E-state index is -0.141. The first-order chi connectivity index (χ1) is 6.20. The van der Waals surface area contributed by atoms with Gasteiger partial charge in [-0.05, 0) is 26.8 Å². The van der Waals surface area contributed by atoms with Gasteiger partial charge in [0, 0.05) is 6.42 Å². The molecule has 0 amide bonds. The van der Waals surface area contributed by atoms with E-state index in [1.807, 2.05) is 6.92 Å². The standard InChI is InChI=1S/C10H17NO2/c1-4-9(3)11-8-6-7-10(12)13-5-2/h1,9,11H,5-8H2,2-3H3. The summed E-state index contributed by atoms with van der Waals surface area (Å²) >= 11 is 0. The van der Waals surface area contributed by atoms with Gasteiger partial charge in [0.05, 0.1) is 12.6 Å². The van der Waals surface area contributed by atoms with Crippen LogP contribution in [0.4, 0.5) is 0 Å². The molecule has 74 valence electrons. The van der Waals surface area contributed by atoms with Crippen LogP contribution in [0.1, 0.15) is 26.7 Å². The third-order valence-corrected chi connectivity index (χ3v) is 1.56. The van der Waals surface area contributed by atoms with E-state index in [2.05, 4.69) is 11.2 Å². The van der Waals surface area contributed by atoms with Gasteiger partial charge in [-0.2, -0.15) is 0 Å². The van der Waals surface area contributed by atoms with Crippen LogP contribution < -0.4 is 5.32 Å². The Morgan fingerprint density at radius 3 is 2.92 bits per heavy atom. The van der Waals surface area contributed by atoms with Gasteiger partial charge >= 0.3 is 5.97 Å². The molecule has 0 heterocycles. The fourth-order valence-corrected chi connectivity index (χ4v) is 0.843. The lowest BCUT2D eigenvalue weighted by Crippen LogP contribution is -2.25. The van der Waals surface area contributed by atoms with E-state index in [1.165, 1.54) is 0 Å². The summed E-state index contributed by atoms with van der Waals surface area (Å²) in [6.45, 7) is 4.91. The van der Waals surface area contributed by atoms with Crippen LogP contribution in [-0.2, 0) is 9.53 Å². The average molecular weight is 183 g/mol. The van der Waals surface area contributed by atoms with Crippen LogP contribution in [-0.4, -0.2) is 25.2 Å². The highest BCUT2D eigenvalue weighted by atomic mass is 16.5. The van der Waals surface area contributed by atoms with Crippen molar-refractivity contribution in [2.24, 2.45) is 0 Å². The monoisotopic (exact) mass is 183 g/mol. The maximum atomic E-state index is 10.9. The molecular formula is C10H17NO2. The third kappa shape index (κ3) is 7.35. The molecule has 0 aromatic heterocycles. The van der Waals surface area contributed by atoms with Crippen molar-refractivity contribution in [2.45, 2.75) is 32.7 Å². The molecule has 1 atom stereocenters. The lowest BCUT2D eigenvalue weighted by atomic mass is 10.3. The van der Waals surface area contributed by atoms with Crippen molar-refractivity contribution in [1.29, 1.82) is 0 Å². The number of ether oxygens (including phenoxy) is 1. The van der Waals surface area contributed by atoms with Crippen LogP contribution in [0.25, 0.3) is 0 Å². The Kier molecular flexibility index (Phi) is 7.04. The Labute approximate surface area is 79.8 Å². The van der Waals surface area contributed by atoms with Crippen LogP contribution >= 0.6 is 0 Å². The van der Waals surface area contributed by atoms with Gasteiger partial charge in [-0.15, -0.1) is 6.42 Å². The van der Waals surface area contributed by atoms with E-state index < -0.39 is 0 Å². The van der Waals surface area contributed by atoms with E-state index >= 15 is 0 Å². The molecule has 0 aliphatic rings. The second-order valence-corrected chi connectivity index (χ2v) is 2.75. The Bertz CT molecular complexity index is 184. The Morgan fingerprint density at radius 2 is 2.38 bits per heavy atom. The van der Waals surface area contributed by atoms with Crippen molar-refractivity contribution < 1.29 is 9.53 Å². The molecule has 1 N–H and O–H groups in total. The van der Waals surface area contributed by atoms with Crippen molar-refractivity contribution in [3.05, 3.63) is 0 Å². The quantitative estimate of drug-likeness (QED) is 0.378. The highest BCUT2D eigenvalue weighted by Gasteiger charge is 2.01. The molecule has 0 fully saturated rings. The first-order valence-corrected chi connectivity index (χ1v) is 4.55. The predicted octanol–water partition coefficient (Wildman–Crippen LogP) is 0.941. The van der Waals surface area contributed by atoms with Gasteiger partial charge < -0.3 is 10.1 Å². The van der Waals surface area contributed by atoms with E-state index in [0.29, 0.717) is 13.0 Å². The van der Waals surface area contributed by atoms with Crippen LogP contribution in [0, 0.1) is 12.3 Å². The number of nitrogens with one attached hydrogen (secondary N) is 1. The number of carbonyl (C=O) groups excluding carboxylic acids is 1. The zero-order valence-electron chi connectivity index (χ0n) is 8.30. The molecule has 0 aliphatic heterocycles. The van der Waals surface area contributed by atoms with Gasteiger partial charge in [-0.25, -0.2) is 0 Å². The summed E-state index contributed by atoms with van der Waals surface area (Å²) in [4.78, 5) is 10.9. The zero-order chi connectivity index (χ0) is 10.1. The van der Waals surface area contributed by atoms with E-state index in [-0.39, 0.29) is 12.0 Å². The fourth-order valence-electron chi connectivity index (χ4n) is 0.843. The molecule has 0 rings (SSSR count). The van der Waals surface area contributed by atoms with Crippen molar-refractivity contribution >= 4 is 5.97 Å². The minimum absolute atomic E-state index is 0.0715. The molecule has 0 aromatic rings. The maximum absolute atomic E-state index is 10.9. The largest absolute Gasteiger partial charge is 0.466 e. The highest BCUT2D eigenvalue weighted by molar-refractivity contribution is 5.69. The second kappa shape index (κ2) is 7.63. The average Bonchev–Trinajstić information content (AvgIpc) is 2.12. The predicted molar refractivity (Wildman–Crippen MR) is 52.2 cm³/mol. The molecule has 1 unspecified atom stereocenters. The minimum Gasteiger partial charge on any atom is -0.466 e. The van der Waals surface area contributed by atoms with Gasteiger partial charge in [0.1, 0.15) is 0 Å². The van der Waals surface area contributed by atoms with Crippen molar-refractivity contribution in [3.8, 4) is 12.3 Å². The van der Waals surface area contributed by atoms with Crippen molar-refractivity contribution in [3.63, 3.8) is 0 Å². The Balaban J connectivity index is 3.26. The van der Waals surface area contributed by atoms with E-state index in [0.717, 1.165) is 13.0 Å². The number of hydrogen-bond acceptors (Lipinski definition) is 3. The molecule has 0 saturated carbocycles. The van der Waals surface area contributed by atoms with Crippen molar-refractivity contribution in [1.82, 2.24) is 5.32 Å². The van der Waals surface area contributed by atoms with Gasteiger partial charge in [0.15, 0.2) is 0 Å². The number of rotatable bonds is 6. The molecule has 0 aromatic carbocycles. The highest BCUT2D eigenvalue weighted by Crippen LogP contribution is 1.91. The normalized spacial score (nSPS) is 11.8. The number of carbonyl (C=O) groups is 1. The summed E-state index contributed by atoms with van der Waals surface area (Å²) in [5.74, 6) is 2.41. The van der Waals surface area contributed by atoms with Gasteiger partial charge in [-0.3, -0.25) is 4.79 Å². The summed E-state index contributed by atoms with van der Waals surface area (Å²) in [6, 6.07) is 0.0715. The Morgan fingerprint density at radius 1 is 1.69 bits per heavy atom. The second-order valence-electron chi connectivity index (χ2n) is 2.75. The van der Waals surface area contributed by atoms with E-state index in [1.54, 1.807) is 6.92 Å². The van der Waals surface area contributed by atoms with E-state index in [9.17, 15) is 4.79 Å². The molecule has 0 bridgehead atoms. The lowest BCUT2D eigenvalue weighted by Gasteiger charge is -2.06. The van der Waals surface area contributed by atoms with Gasteiger partial charge in [0.2, 0.25) is 0 Å². The molecule has 13 heavy (non-hydrogen) atoms. The smallest absolute Gasteiger partial charge is 0.305 e. The fraction of sp³-hybridized carbons (Fsp3) is 0.700. The summed E-state index contributed by atoms with van der Waals surface area (Å²) in [5.41, 5.74) is 0. The van der Waals surface area contributed by atoms with E-state index in [4.69, 9.17) is 11.2 Å². The number of terminal acetylenes is 1. The third-order valence-electron chi connectivity index (χ3n) is 1.56. The van der Waals surface area contributed by atoms with Crippen LogP contribution in [0.2, 0.25) is 0 Å². The number of hydrogen-bond donors (Lipinski definition) is 1. The summed E-state index contributed by atoms with van der Waals surface area (Å²) in [5, 5.41) is 3.09. The first-order valence-electron chi connectivity index (χ1n) is 4.55. The zero-order valence-corrected chi connectivity index (χ0v) is 8.30. The summed E-state index contributed by atoms with van der Waals surface area (Å²) in [6.07, 6.45) is 6.38. The molecule has 0 spiro atoms. The molecule has 0 radical (unpaired) electrons. The first kappa shape index (κ1) is 12.0. The molecule has 0 saturated heterocycles. The molecule has 3 heteroatoms.